The molecule has 1 N–H and O–H groups in total. The van der Waals surface area contributed by atoms with Crippen molar-refractivity contribution in [3.63, 3.8) is 0 Å². The lowest BCUT2D eigenvalue weighted by Crippen LogP contribution is -2.44. The van der Waals surface area contributed by atoms with Crippen molar-refractivity contribution in [1.29, 1.82) is 0 Å². The Labute approximate surface area is 157 Å². The zero-order valence-electron chi connectivity index (χ0n) is 14.3. The number of carbonyl (C=O) groups is 3. The van der Waals surface area contributed by atoms with E-state index in [1.807, 2.05) is 0 Å². The largest absolute Gasteiger partial charge is 0.344 e. The second-order valence-electron chi connectivity index (χ2n) is 6.27. The number of fused-ring (bicyclic) bond motifs is 1. The Hall–Kier alpha value is -3.69. The SMILES string of the molecule is O=C1C2N=NN(C(=O)Nc3cccc(F)c3)C2C(=O)N1Cc1cccc(F)c1. The van der Waals surface area contributed by atoms with Crippen LogP contribution in [0.1, 0.15) is 5.56 Å². The quantitative estimate of drug-likeness (QED) is 0.823. The number of nitrogens with zero attached hydrogens (tertiary/aromatic N) is 4. The first kappa shape index (κ1) is 17.7. The Morgan fingerprint density at radius 3 is 2.46 bits per heavy atom. The van der Waals surface area contributed by atoms with Crippen LogP contribution in [0.5, 0.6) is 0 Å². The van der Waals surface area contributed by atoms with Crippen LogP contribution in [0.4, 0.5) is 19.3 Å². The first-order valence-corrected chi connectivity index (χ1v) is 8.30. The van der Waals surface area contributed by atoms with E-state index in [-0.39, 0.29) is 12.2 Å². The normalized spacial score (nSPS) is 20.6. The smallest absolute Gasteiger partial charge is 0.306 e. The molecular formula is C18H13F2N5O3. The third kappa shape index (κ3) is 3.08. The number of carbonyl (C=O) groups excluding carboxylic acids is 3. The van der Waals surface area contributed by atoms with Gasteiger partial charge in [0.05, 0.1) is 6.54 Å². The van der Waals surface area contributed by atoms with Crippen LogP contribution in [0.3, 0.4) is 0 Å². The third-order valence-electron chi connectivity index (χ3n) is 4.39. The topological polar surface area (TPSA) is 94.4 Å². The number of rotatable bonds is 3. The van der Waals surface area contributed by atoms with Crippen molar-refractivity contribution in [3.05, 3.63) is 65.7 Å². The highest BCUT2D eigenvalue weighted by molar-refractivity contribution is 6.11. The summed E-state index contributed by atoms with van der Waals surface area (Å²) < 4.78 is 26.6. The lowest BCUT2D eigenvalue weighted by atomic mass is 10.2. The molecule has 2 aliphatic heterocycles. The Morgan fingerprint density at radius 2 is 1.75 bits per heavy atom. The summed E-state index contributed by atoms with van der Waals surface area (Å²) in [6, 6.07) is 7.48. The van der Waals surface area contributed by atoms with E-state index in [2.05, 4.69) is 15.7 Å². The molecule has 4 rings (SSSR count). The summed E-state index contributed by atoms with van der Waals surface area (Å²) in [7, 11) is 0. The van der Waals surface area contributed by atoms with Crippen LogP contribution in [0.2, 0.25) is 0 Å². The fourth-order valence-electron chi connectivity index (χ4n) is 3.10. The Balaban J connectivity index is 1.51. The molecule has 28 heavy (non-hydrogen) atoms. The van der Waals surface area contributed by atoms with Gasteiger partial charge in [0.15, 0.2) is 12.1 Å². The molecule has 0 aromatic heterocycles. The molecule has 2 atom stereocenters. The first-order valence-electron chi connectivity index (χ1n) is 8.30. The molecule has 142 valence electrons. The molecule has 0 spiro atoms. The van der Waals surface area contributed by atoms with Crippen LogP contribution in [0.25, 0.3) is 0 Å². The first-order chi connectivity index (χ1) is 13.4. The van der Waals surface area contributed by atoms with E-state index in [1.165, 1.54) is 36.4 Å². The molecule has 8 nitrogen and oxygen atoms in total. The molecule has 2 unspecified atom stereocenters. The van der Waals surface area contributed by atoms with Crippen molar-refractivity contribution < 1.29 is 23.2 Å². The molecule has 4 amide bonds. The maximum Gasteiger partial charge on any atom is 0.344 e. The summed E-state index contributed by atoms with van der Waals surface area (Å²) in [5.74, 6) is -2.33. The summed E-state index contributed by atoms with van der Waals surface area (Å²) in [5, 5.41) is 10.5. The molecule has 0 radical (unpaired) electrons. The maximum atomic E-state index is 13.4. The van der Waals surface area contributed by atoms with E-state index >= 15 is 0 Å². The summed E-state index contributed by atoms with van der Waals surface area (Å²) in [6.45, 7) is -0.142. The van der Waals surface area contributed by atoms with Gasteiger partial charge in [0.1, 0.15) is 11.6 Å². The predicted molar refractivity (Wildman–Crippen MR) is 91.6 cm³/mol. The number of likely N-dealkylation sites (tertiary alicyclic amines) is 1. The van der Waals surface area contributed by atoms with Crippen LogP contribution in [-0.2, 0) is 16.1 Å². The Bertz CT molecular complexity index is 1010. The molecule has 1 fully saturated rings. The van der Waals surface area contributed by atoms with Crippen LogP contribution < -0.4 is 5.32 Å². The van der Waals surface area contributed by atoms with Crippen LogP contribution >= 0.6 is 0 Å². The third-order valence-corrected chi connectivity index (χ3v) is 4.39. The van der Waals surface area contributed by atoms with Crippen molar-refractivity contribution in [2.45, 2.75) is 18.6 Å². The minimum Gasteiger partial charge on any atom is -0.306 e. The molecule has 0 aliphatic carbocycles. The van der Waals surface area contributed by atoms with Gasteiger partial charge in [-0.3, -0.25) is 14.5 Å². The number of halogens is 2. The van der Waals surface area contributed by atoms with Crippen molar-refractivity contribution in [2.75, 3.05) is 5.32 Å². The molecule has 10 heteroatoms. The second-order valence-corrected chi connectivity index (χ2v) is 6.27. The summed E-state index contributed by atoms with van der Waals surface area (Å²) in [5.41, 5.74) is 0.589. The zero-order valence-corrected chi connectivity index (χ0v) is 14.3. The average molecular weight is 385 g/mol. The number of hydrogen-bond acceptors (Lipinski definition) is 5. The lowest BCUT2D eigenvalue weighted by Gasteiger charge is -2.19. The van der Waals surface area contributed by atoms with Crippen molar-refractivity contribution in [1.82, 2.24) is 9.91 Å². The Morgan fingerprint density at radius 1 is 1.04 bits per heavy atom. The fraction of sp³-hybridized carbons (Fsp3) is 0.167. The monoisotopic (exact) mass is 385 g/mol. The number of amides is 4. The number of nitrogens with one attached hydrogen (secondary N) is 1. The maximum absolute atomic E-state index is 13.4. The van der Waals surface area contributed by atoms with Gasteiger partial charge < -0.3 is 5.32 Å². The summed E-state index contributed by atoms with van der Waals surface area (Å²) >= 11 is 0. The van der Waals surface area contributed by atoms with Gasteiger partial charge in [0, 0.05) is 5.69 Å². The van der Waals surface area contributed by atoms with Gasteiger partial charge in [-0.05, 0) is 35.9 Å². The van der Waals surface area contributed by atoms with E-state index in [1.54, 1.807) is 6.07 Å². The average Bonchev–Trinajstić information content (AvgIpc) is 3.18. The number of benzene rings is 2. The van der Waals surface area contributed by atoms with Crippen molar-refractivity contribution in [2.24, 2.45) is 10.3 Å². The van der Waals surface area contributed by atoms with E-state index in [0.717, 1.165) is 16.0 Å². The van der Waals surface area contributed by atoms with Gasteiger partial charge in [-0.25, -0.2) is 13.6 Å². The highest BCUT2D eigenvalue weighted by Gasteiger charge is 2.55. The Kier molecular flexibility index (Phi) is 4.30. The zero-order chi connectivity index (χ0) is 19.8. The van der Waals surface area contributed by atoms with E-state index in [9.17, 15) is 23.2 Å². The van der Waals surface area contributed by atoms with Crippen molar-refractivity contribution >= 4 is 23.5 Å². The van der Waals surface area contributed by atoms with Crippen molar-refractivity contribution in [3.8, 4) is 0 Å². The van der Waals surface area contributed by atoms with Gasteiger partial charge in [-0.15, -0.1) is 0 Å². The standard InChI is InChI=1S/C18H13F2N5O3/c19-11-4-1-3-10(7-11)9-24-16(26)14-15(17(24)27)25(23-22-14)18(28)21-13-6-2-5-12(20)8-13/h1-8,14-15H,9H2,(H,21,28). The van der Waals surface area contributed by atoms with Gasteiger partial charge >= 0.3 is 6.03 Å². The van der Waals surface area contributed by atoms with Gasteiger partial charge in [0.25, 0.3) is 11.8 Å². The minimum atomic E-state index is -1.23. The molecule has 2 aliphatic rings. The predicted octanol–water partition coefficient (Wildman–Crippen LogP) is 2.49. The van der Waals surface area contributed by atoms with Crippen LogP contribution in [0, 0.1) is 11.6 Å². The number of imide groups is 1. The van der Waals surface area contributed by atoms with E-state index in [4.69, 9.17) is 0 Å². The van der Waals surface area contributed by atoms with Crippen LogP contribution in [-0.4, -0.2) is 39.8 Å². The van der Waals surface area contributed by atoms with Gasteiger partial charge in [-0.2, -0.15) is 10.1 Å². The lowest BCUT2D eigenvalue weighted by molar-refractivity contribution is -0.140. The molecule has 2 aromatic carbocycles. The van der Waals surface area contributed by atoms with E-state index in [0.29, 0.717) is 5.56 Å². The summed E-state index contributed by atoms with van der Waals surface area (Å²) in [4.78, 5) is 38.6. The number of hydrogen-bond donors (Lipinski definition) is 1. The molecular weight excluding hydrogens is 372 g/mol. The summed E-state index contributed by atoms with van der Waals surface area (Å²) in [6.07, 6.45) is 0. The molecule has 2 aromatic rings. The molecule has 0 saturated carbocycles. The molecule has 1 saturated heterocycles. The van der Waals surface area contributed by atoms with Gasteiger partial charge in [-0.1, -0.05) is 23.4 Å². The molecule has 2 heterocycles. The van der Waals surface area contributed by atoms with E-state index < -0.39 is 41.6 Å². The molecule has 0 bridgehead atoms. The fourth-order valence-corrected chi connectivity index (χ4v) is 3.10. The number of urea groups is 1. The number of anilines is 1. The highest BCUT2D eigenvalue weighted by Crippen LogP contribution is 2.30. The highest BCUT2D eigenvalue weighted by atomic mass is 19.1. The van der Waals surface area contributed by atoms with Crippen LogP contribution in [0.15, 0.2) is 58.9 Å². The second kappa shape index (κ2) is 6.80. The minimum absolute atomic E-state index is 0.142. The van der Waals surface area contributed by atoms with Gasteiger partial charge in [0.2, 0.25) is 0 Å².